The van der Waals surface area contributed by atoms with Crippen LogP contribution >= 0.6 is 0 Å². The van der Waals surface area contributed by atoms with E-state index >= 15 is 0 Å². The molecule has 0 aromatic rings. The number of carboxylic acid groups (broad SMARTS) is 2. The molecule has 40 heavy (non-hydrogen) atoms. The lowest BCUT2D eigenvalue weighted by Crippen LogP contribution is -2.26. The van der Waals surface area contributed by atoms with Gasteiger partial charge in [0.25, 0.3) is 0 Å². The van der Waals surface area contributed by atoms with E-state index in [1.54, 1.807) is 27.7 Å². The Morgan fingerprint density at radius 1 is 0.600 bits per heavy atom. The number of aliphatic hydroxyl groups is 2. The lowest BCUT2D eigenvalue weighted by Gasteiger charge is -2.33. The summed E-state index contributed by atoms with van der Waals surface area (Å²) < 4.78 is 0. The quantitative estimate of drug-likeness (QED) is 0.121. The normalized spacial score (nSPS) is 22.6. The van der Waals surface area contributed by atoms with E-state index in [1.165, 1.54) is 0 Å². The summed E-state index contributed by atoms with van der Waals surface area (Å²) in [5.41, 5.74) is 2.11. The highest BCUT2D eigenvalue weighted by atomic mass is 16.4. The molecule has 0 spiro atoms. The highest BCUT2D eigenvalue weighted by molar-refractivity contribution is 5.73. The van der Waals surface area contributed by atoms with Gasteiger partial charge in [-0.1, -0.05) is 64.8 Å². The van der Waals surface area contributed by atoms with Crippen LogP contribution in [-0.4, -0.2) is 44.6 Å². The SMILES string of the molecule is CC1(C)C=C(CCCCC(C)(C)C(=O)O)C(O)C(CCC2=CC(C)(C)C=C(CCCCC(C)(C)C(=O)O)C2O)=C1. The number of rotatable bonds is 15. The summed E-state index contributed by atoms with van der Waals surface area (Å²) in [6.07, 6.45) is 14.5. The van der Waals surface area contributed by atoms with Crippen molar-refractivity contribution in [2.75, 3.05) is 0 Å². The first kappa shape index (κ1) is 34.0. The molecule has 0 radical (unpaired) electrons. The monoisotopic (exact) mass is 558 g/mol. The van der Waals surface area contributed by atoms with Gasteiger partial charge in [0.15, 0.2) is 0 Å². The molecule has 2 rings (SSSR count). The molecule has 6 heteroatoms. The Hall–Kier alpha value is -2.18. The fourth-order valence-corrected chi connectivity index (χ4v) is 5.92. The summed E-state index contributed by atoms with van der Waals surface area (Å²) in [5, 5.41) is 41.2. The van der Waals surface area contributed by atoms with Gasteiger partial charge in [0, 0.05) is 10.8 Å². The maximum absolute atomic E-state index is 11.4. The van der Waals surface area contributed by atoms with Crippen molar-refractivity contribution in [1.29, 1.82) is 0 Å². The Kier molecular flexibility index (Phi) is 11.2. The zero-order valence-electron chi connectivity index (χ0n) is 26.1. The summed E-state index contributed by atoms with van der Waals surface area (Å²) in [6.45, 7) is 15.6. The van der Waals surface area contributed by atoms with Crippen molar-refractivity contribution in [1.82, 2.24) is 0 Å². The van der Waals surface area contributed by atoms with Crippen molar-refractivity contribution in [3.8, 4) is 0 Å². The molecule has 0 aromatic heterocycles. The van der Waals surface area contributed by atoms with E-state index in [4.69, 9.17) is 0 Å². The third-order valence-corrected chi connectivity index (χ3v) is 8.53. The second-order valence-electron chi connectivity index (χ2n) is 14.6. The van der Waals surface area contributed by atoms with Crippen LogP contribution in [0.5, 0.6) is 0 Å². The number of unbranched alkanes of at least 4 members (excludes halogenated alkanes) is 2. The lowest BCUT2D eigenvalue weighted by atomic mass is 9.75. The molecule has 0 heterocycles. The van der Waals surface area contributed by atoms with E-state index in [1.807, 2.05) is 0 Å². The Balaban J connectivity index is 1.99. The molecule has 0 bridgehead atoms. The second-order valence-corrected chi connectivity index (χ2v) is 14.6. The maximum atomic E-state index is 11.4. The molecular formula is C34H54O6. The molecule has 0 fully saturated rings. The number of aliphatic hydroxyl groups excluding tert-OH is 2. The molecule has 2 aliphatic carbocycles. The first-order chi connectivity index (χ1) is 18.3. The highest BCUT2D eigenvalue weighted by Crippen LogP contribution is 2.40. The average Bonchev–Trinajstić information content (AvgIpc) is 2.82. The molecule has 0 amide bonds. The number of carboxylic acids is 2. The average molecular weight is 559 g/mol. The molecular weight excluding hydrogens is 504 g/mol. The van der Waals surface area contributed by atoms with Crippen molar-refractivity contribution in [3.63, 3.8) is 0 Å². The third-order valence-electron chi connectivity index (χ3n) is 8.53. The summed E-state index contributed by atoms with van der Waals surface area (Å²) in [5.74, 6) is -1.56. The number of aliphatic carboxylic acids is 2. The van der Waals surface area contributed by atoms with E-state index in [0.717, 1.165) is 60.8 Å². The van der Waals surface area contributed by atoms with Crippen LogP contribution in [0.3, 0.4) is 0 Å². The van der Waals surface area contributed by atoms with Crippen LogP contribution < -0.4 is 0 Å². The zero-order chi connectivity index (χ0) is 30.5. The van der Waals surface area contributed by atoms with Crippen LogP contribution in [0.2, 0.25) is 0 Å². The number of allylic oxidation sites excluding steroid dienone is 4. The van der Waals surface area contributed by atoms with E-state index < -0.39 is 35.0 Å². The summed E-state index contributed by atoms with van der Waals surface area (Å²) in [6, 6.07) is 0. The Morgan fingerprint density at radius 2 is 0.875 bits per heavy atom. The van der Waals surface area contributed by atoms with Gasteiger partial charge in [0.2, 0.25) is 0 Å². The first-order valence-electron chi connectivity index (χ1n) is 15.0. The van der Waals surface area contributed by atoms with Crippen LogP contribution in [0.4, 0.5) is 0 Å². The summed E-state index contributed by atoms with van der Waals surface area (Å²) in [4.78, 5) is 22.8. The van der Waals surface area contributed by atoms with Gasteiger partial charge < -0.3 is 20.4 Å². The molecule has 6 nitrogen and oxygen atoms in total. The smallest absolute Gasteiger partial charge is 0.309 e. The van der Waals surface area contributed by atoms with E-state index in [0.29, 0.717) is 25.7 Å². The Morgan fingerprint density at radius 3 is 1.15 bits per heavy atom. The van der Waals surface area contributed by atoms with Gasteiger partial charge in [-0.15, -0.1) is 0 Å². The lowest BCUT2D eigenvalue weighted by molar-refractivity contribution is -0.148. The number of hydrogen-bond acceptors (Lipinski definition) is 4. The molecule has 0 saturated heterocycles. The third kappa shape index (κ3) is 9.73. The summed E-state index contributed by atoms with van der Waals surface area (Å²) >= 11 is 0. The van der Waals surface area contributed by atoms with Gasteiger partial charge in [0.1, 0.15) is 0 Å². The number of carbonyl (C=O) groups is 2. The van der Waals surface area contributed by atoms with Gasteiger partial charge in [-0.25, -0.2) is 0 Å². The largest absolute Gasteiger partial charge is 0.481 e. The van der Waals surface area contributed by atoms with E-state index in [-0.39, 0.29) is 10.8 Å². The Bertz CT molecular complexity index is 966. The van der Waals surface area contributed by atoms with Crippen LogP contribution in [0, 0.1) is 21.7 Å². The standard InChI is InChI=1S/C34H54O6/c1-31(2)19-23(13-9-11-17-33(5,6)29(37)38)27(35)25(21-31)15-16-26-22-32(3,4)20-24(28(26)36)14-10-12-18-34(7,8)30(39)40/h19-22,27-28,35-36H,9-18H2,1-8H3,(H,37,38)(H,39,40). The van der Waals surface area contributed by atoms with Crippen molar-refractivity contribution in [2.45, 2.75) is 132 Å². The van der Waals surface area contributed by atoms with Crippen LogP contribution in [0.25, 0.3) is 0 Å². The molecule has 0 saturated carbocycles. The minimum absolute atomic E-state index is 0.183. The van der Waals surface area contributed by atoms with E-state index in [9.17, 15) is 30.0 Å². The van der Waals surface area contributed by atoms with Crippen molar-refractivity contribution >= 4 is 11.9 Å². The fourth-order valence-electron chi connectivity index (χ4n) is 5.92. The van der Waals surface area contributed by atoms with Crippen LogP contribution in [0.1, 0.15) is 120 Å². The zero-order valence-corrected chi connectivity index (χ0v) is 26.1. The molecule has 4 N–H and O–H groups in total. The fraction of sp³-hybridized carbons (Fsp3) is 0.706. The highest BCUT2D eigenvalue weighted by Gasteiger charge is 2.31. The van der Waals surface area contributed by atoms with Crippen LogP contribution in [-0.2, 0) is 9.59 Å². The van der Waals surface area contributed by atoms with Gasteiger partial charge in [-0.3, -0.25) is 9.59 Å². The van der Waals surface area contributed by atoms with Crippen molar-refractivity contribution in [2.24, 2.45) is 21.7 Å². The van der Waals surface area contributed by atoms with Gasteiger partial charge >= 0.3 is 11.9 Å². The summed E-state index contributed by atoms with van der Waals surface area (Å²) in [7, 11) is 0. The van der Waals surface area contributed by atoms with Crippen LogP contribution in [0.15, 0.2) is 46.6 Å². The second kappa shape index (κ2) is 13.2. The van der Waals surface area contributed by atoms with E-state index in [2.05, 4.69) is 52.0 Å². The minimum Gasteiger partial charge on any atom is -0.481 e. The predicted octanol–water partition coefficient (Wildman–Crippen LogP) is 7.62. The molecule has 0 aliphatic heterocycles. The predicted molar refractivity (Wildman–Crippen MR) is 161 cm³/mol. The topological polar surface area (TPSA) is 115 Å². The van der Waals surface area contributed by atoms with Gasteiger partial charge in [-0.2, -0.15) is 0 Å². The van der Waals surface area contributed by atoms with Crippen molar-refractivity contribution < 1.29 is 30.0 Å². The van der Waals surface area contributed by atoms with Crippen molar-refractivity contribution in [3.05, 3.63) is 46.6 Å². The maximum Gasteiger partial charge on any atom is 0.309 e. The first-order valence-corrected chi connectivity index (χ1v) is 15.0. The number of hydrogen-bond donors (Lipinski definition) is 4. The Labute approximate surface area is 242 Å². The van der Waals surface area contributed by atoms with Gasteiger partial charge in [-0.05, 0) is 101 Å². The van der Waals surface area contributed by atoms with Gasteiger partial charge in [0.05, 0.1) is 23.0 Å². The molecule has 0 aromatic carbocycles. The minimum atomic E-state index is -0.779. The molecule has 226 valence electrons. The molecule has 2 aliphatic rings. The molecule has 2 unspecified atom stereocenters. The molecule has 2 atom stereocenters.